The van der Waals surface area contributed by atoms with Gasteiger partial charge in [-0.05, 0) is 13.8 Å². The molecule has 0 unspecified atom stereocenters. The molecule has 0 amide bonds. The van der Waals surface area contributed by atoms with Crippen molar-refractivity contribution < 1.29 is 13.2 Å². The van der Waals surface area contributed by atoms with E-state index in [9.17, 15) is 13.2 Å². The minimum atomic E-state index is -4.44. The molecule has 2 aromatic heterocycles. The van der Waals surface area contributed by atoms with Crippen molar-refractivity contribution in [3.63, 3.8) is 0 Å². The van der Waals surface area contributed by atoms with Crippen LogP contribution in [-0.2, 0) is 6.54 Å². The van der Waals surface area contributed by atoms with Crippen molar-refractivity contribution in [1.29, 1.82) is 5.26 Å². The first-order valence-electron chi connectivity index (χ1n) is 7.20. The number of anilines is 1. The third kappa shape index (κ3) is 2.44. The van der Waals surface area contributed by atoms with E-state index in [0.29, 0.717) is 12.1 Å². The lowest BCUT2D eigenvalue weighted by Gasteiger charge is -2.33. The fourth-order valence-corrected chi connectivity index (χ4v) is 2.97. The molecule has 9 heteroatoms. The van der Waals surface area contributed by atoms with E-state index in [1.807, 2.05) is 19.9 Å². The lowest BCUT2D eigenvalue weighted by molar-refractivity contribution is -0.173. The van der Waals surface area contributed by atoms with E-state index in [1.54, 1.807) is 10.9 Å². The lowest BCUT2D eigenvalue weighted by Crippen LogP contribution is -2.36. The largest absolute Gasteiger partial charge is 0.410 e. The zero-order valence-corrected chi connectivity index (χ0v) is 12.6. The molecular weight excluding hydrogens is 309 g/mol. The van der Waals surface area contributed by atoms with Crippen molar-refractivity contribution in [2.45, 2.75) is 45.1 Å². The molecule has 3 heterocycles. The van der Waals surface area contributed by atoms with Crippen LogP contribution in [0, 0.1) is 18.3 Å². The van der Waals surface area contributed by atoms with Gasteiger partial charge in [0.2, 0.25) is 0 Å². The normalized spacial score (nSPS) is 20.7. The van der Waals surface area contributed by atoms with Crippen LogP contribution < -0.4 is 5.32 Å². The topological polar surface area (TPSA) is 71.5 Å². The van der Waals surface area contributed by atoms with E-state index in [2.05, 4.69) is 15.5 Å². The highest BCUT2D eigenvalue weighted by Crippen LogP contribution is 2.44. The average Bonchev–Trinajstić information content (AvgIpc) is 3.07. The van der Waals surface area contributed by atoms with Crippen molar-refractivity contribution >= 4 is 5.82 Å². The van der Waals surface area contributed by atoms with Crippen LogP contribution >= 0.6 is 0 Å². The maximum absolute atomic E-state index is 13.4. The first-order chi connectivity index (χ1) is 10.9. The molecule has 2 aromatic rings. The number of alkyl halides is 3. The fraction of sp³-hybridized carbons (Fsp3) is 0.500. The minimum absolute atomic E-state index is 0.101. The monoisotopic (exact) mass is 324 g/mol. The lowest BCUT2D eigenvalue weighted by atomic mass is 9.97. The Balaban J connectivity index is 2.06. The van der Waals surface area contributed by atoms with E-state index in [-0.39, 0.29) is 17.8 Å². The molecule has 0 aromatic carbocycles. The van der Waals surface area contributed by atoms with E-state index in [4.69, 9.17) is 5.26 Å². The highest BCUT2D eigenvalue weighted by Gasteiger charge is 2.47. The van der Waals surface area contributed by atoms with Crippen LogP contribution in [-0.4, -0.2) is 25.7 Å². The molecule has 1 aliphatic heterocycles. The van der Waals surface area contributed by atoms with Crippen molar-refractivity contribution in [2.75, 3.05) is 5.32 Å². The molecule has 0 fully saturated rings. The van der Waals surface area contributed by atoms with E-state index in [0.717, 1.165) is 16.6 Å². The summed E-state index contributed by atoms with van der Waals surface area (Å²) in [5.74, 6) is 0.106. The molecule has 0 saturated heterocycles. The number of nitrogens with zero attached hydrogens (tertiary/aromatic N) is 5. The minimum Gasteiger partial charge on any atom is -0.362 e. The summed E-state index contributed by atoms with van der Waals surface area (Å²) in [6.07, 6.45) is -1.89. The zero-order valence-electron chi connectivity index (χ0n) is 12.6. The summed E-state index contributed by atoms with van der Waals surface area (Å²) >= 11 is 0. The average molecular weight is 324 g/mol. The number of halogens is 3. The Labute approximate surface area is 130 Å². The molecule has 0 bridgehead atoms. The van der Waals surface area contributed by atoms with E-state index < -0.39 is 18.3 Å². The first-order valence-corrected chi connectivity index (χ1v) is 7.20. The van der Waals surface area contributed by atoms with Gasteiger partial charge in [0, 0.05) is 24.2 Å². The van der Waals surface area contributed by atoms with Crippen LogP contribution in [0.5, 0.6) is 0 Å². The van der Waals surface area contributed by atoms with Gasteiger partial charge in [0.1, 0.15) is 17.5 Å². The molecule has 0 radical (unpaired) electrons. The van der Waals surface area contributed by atoms with Crippen LogP contribution in [0.2, 0.25) is 0 Å². The van der Waals surface area contributed by atoms with Gasteiger partial charge in [-0.3, -0.25) is 4.68 Å². The highest BCUT2D eigenvalue weighted by molar-refractivity contribution is 5.54. The van der Waals surface area contributed by atoms with Crippen LogP contribution in [0.25, 0.3) is 0 Å². The third-order valence-corrected chi connectivity index (χ3v) is 4.17. The molecule has 0 aliphatic carbocycles. The smallest absolute Gasteiger partial charge is 0.362 e. The second-order valence-electron chi connectivity index (χ2n) is 5.45. The van der Waals surface area contributed by atoms with E-state index >= 15 is 0 Å². The molecule has 0 spiro atoms. The van der Waals surface area contributed by atoms with Gasteiger partial charge < -0.3 is 5.32 Å². The molecule has 1 N–H and O–H groups in total. The van der Waals surface area contributed by atoms with E-state index in [1.165, 1.54) is 0 Å². The van der Waals surface area contributed by atoms with Gasteiger partial charge in [-0.25, -0.2) is 4.68 Å². The Bertz CT molecular complexity index is 767. The number of aryl methyl sites for hydroxylation is 1. The van der Waals surface area contributed by atoms with Crippen LogP contribution in [0.3, 0.4) is 0 Å². The molecule has 3 rings (SSSR count). The van der Waals surface area contributed by atoms with Gasteiger partial charge in [0.05, 0.1) is 18.4 Å². The molecular formula is C14H15F3N6. The predicted molar refractivity (Wildman–Crippen MR) is 75.7 cm³/mol. The maximum Gasteiger partial charge on any atom is 0.410 e. The number of hydrogen-bond acceptors (Lipinski definition) is 4. The first kappa shape index (κ1) is 15.4. The molecule has 1 aliphatic rings. The second-order valence-corrected chi connectivity index (χ2v) is 5.45. The summed E-state index contributed by atoms with van der Waals surface area (Å²) in [7, 11) is 0. The van der Waals surface area contributed by atoms with Crippen LogP contribution in [0.4, 0.5) is 19.0 Å². The third-order valence-electron chi connectivity index (χ3n) is 4.17. The summed E-state index contributed by atoms with van der Waals surface area (Å²) < 4.78 is 42.8. The molecule has 0 saturated carbocycles. The maximum atomic E-state index is 13.4. The summed E-state index contributed by atoms with van der Waals surface area (Å²) in [4.78, 5) is 0. The van der Waals surface area contributed by atoms with Crippen LogP contribution in [0.1, 0.15) is 42.2 Å². The molecule has 6 nitrogen and oxygen atoms in total. The number of nitrogens with one attached hydrogen (secondary N) is 1. The second kappa shape index (κ2) is 5.30. The Hall–Kier alpha value is -2.50. The van der Waals surface area contributed by atoms with Gasteiger partial charge >= 0.3 is 6.18 Å². The quantitative estimate of drug-likeness (QED) is 0.922. The summed E-state index contributed by atoms with van der Waals surface area (Å²) in [6, 6.07) is -0.463. The number of nitriles is 1. The predicted octanol–water partition coefficient (Wildman–Crippen LogP) is 2.94. The van der Waals surface area contributed by atoms with Gasteiger partial charge in [0.25, 0.3) is 0 Å². The Morgan fingerprint density at radius 2 is 2.13 bits per heavy atom. The molecule has 122 valence electrons. The summed E-state index contributed by atoms with van der Waals surface area (Å²) in [5.41, 5.74) is 1.62. The van der Waals surface area contributed by atoms with Crippen molar-refractivity contribution in [1.82, 2.24) is 19.6 Å². The van der Waals surface area contributed by atoms with Crippen molar-refractivity contribution in [2.24, 2.45) is 0 Å². The van der Waals surface area contributed by atoms with Gasteiger partial charge in [-0.2, -0.15) is 28.6 Å². The Morgan fingerprint density at radius 3 is 2.70 bits per heavy atom. The Morgan fingerprint density at radius 1 is 1.39 bits per heavy atom. The number of rotatable bonds is 2. The summed E-state index contributed by atoms with van der Waals surface area (Å²) in [5, 5.41) is 20.0. The van der Waals surface area contributed by atoms with Gasteiger partial charge in [-0.1, -0.05) is 0 Å². The fourth-order valence-electron chi connectivity index (χ4n) is 2.97. The summed E-state index contributed by atoms with van der Waals surface area (Å²) in [6.45, 7) is 4.38. The molecule has 23 heavy (non-hydrogen) atoms. The van der Waals surface area contributed by atoms with Crippen molar-refractivity contribution in [3.05, 3.63) is 29.2 Å². The molecule has 2 atom stereocenters. The van der Waals surface area contributed by atoms with Gasteiger partial charge in [-0.15, -0.1) is 0 Å². The van der Waals surface area contributed by atoms with Gasteiger partial charge in [0.15, 0.2) is 6.04 Å². The highest BCUT2D eigenvalue weighted by atomic mass is 19.4. The standard InChI is InChI=1S/C14H15F3N6/c1-3-22-8(2)10(7-19-22)11-4-12(14(15,16)17)23-13(21-11)9(5-18)6-20-23/h6-7,11-12,21H,3-4H2,1-2H3/t11-,12+/m0/s1. The SMILES string of the molecule is CCn1ncc([C@@H]2C[C@H](C(F)(F)F)n3ncc(C#N)c3N2)c1C. The number of hydrogen-bond donors (Lipinski definition) is 1. The number of aromatic nitrogens is 4. The van der Waals surface area contributed by atoms with Crippen molar-refractivity contribution in [3.8, 4) is 6.07 Å². The number of fused-ring (bicyclic) bond motifs is 1. The van der Waals surface area contributed by atoms with Crippen LogP contribution in [0.15, 0.2) is 12.4 Å². The Kier molecular flexibility index (Phi) is 3.55. The zero-order chi connectivity index (χ0) is 16.8.